The normalized spacial score (nSPS) is 11.6. The Kier molecular flexibility index (Phi) is 4.51. The van der Waals surface area contributed by atoms with Crippen LogP contribution in [0.15, 0.2) is 24.3 Å². The van der Waals surface area contributed by atoms with E-state index in [1.54, 1.807) is 24.3 Å². The first-order valence-corrected chi connectivity index (χ1v) is 5.16. The number of carboxylic acids is 1. The number of carboxylic acid groups (broad SMARTS) is 1. The number of carbonyl (C=O) groups excluding carboxylic acids is 1. The summed E-state index contributed by atoms with van der Waals surface area (Å²) in [5, 5.41) is 11.6. The molecule has 0 aromatic heterocycles. The van der Waals surface area contributed by atoms with Crippen molar-refractivity contribution < 1.29 is 19.4 Å². The molecule has 1 aromatic carbocycles. The number of methoxy groups -OCH3 is 1. The van der Waals surface area contributed by atoms with Gasteiger partial charge >= 0.3 is 5.97 Å². The van der Waals surface area contributed by atoms with Gasteiger partial charge in [0.25, 0.3) is 0 Å². The Hall–Kier alpha value is -2.04. The summed E-state index contributed by atoms with van der Waals surface area (Å²) in [6, 6.07) is 6.80. The smallest absolute Gasteiger partial charge is 0.311 e. The van der Waals surface area contributed by atoms with Gasteiger partial charge in [0.1, 0.15) is 5.75 Å². The minimum Gasteiger partial charge on any atom is -0.496 e. The average Bonchev–Trinajstić information content (AvgIpc) is 2.35. The Morgan fingerprint density at radius 2 is 2.06 bits per heavy atom. The van der Waals surface area contributed by atoms with Crippen LogP contribution in [0.5, 0.6) is 5.75 Å². The van der Waals surface area contributed by atoms with Crippen LogP contribution in [-0.4, -0.2) is 31.1 Å². The molecule has 0 heterocycles. The Morgan fingerprint density at radius 1 is 1.41 bits per heavy atom. The number of aliphatic carboxylic acids is 1. The maximum Gasteiger partial charge on any atom is 0.311 e. The number of benzene rings is 1. The van der Waals surface area contributed by atoms with Crippen LogP contribution in [0.1, 0.15) is 17.9 Å². The third-order valence-corrected chi connectivity index (χ3v) is 2.48. The highest BCUT2D eigenvalue weighted by Crippen LogP contribution is 2.28. The molecule has 5 heteroatoms. The molecule has 1 aromatic rings. The Morgan fingerprint density at radius 3 is 2.59 bits per heavy atom. The maximum absolute atomic E-state index is 11.3. The lowest BCUT2D eigenvalue weighted by molar-refractivity contribution is -0.140. The van der Waals surface area contributed by atoms with Crippen molar-refractivity contribution in [2.75, 3.05) is 14.2 Å². The Labute approximate surface area is 99.4 Å². The molecule has 0 spiro atoms. The minimum absolute atomic E-state index is 0.105. The van der Waals surface area contributed by atoms with E-state index in [2.05, 4.69) is 5.32 Å². The van der Waals surface area contributed by atoms with E-state index >= 15 is 0 Å². The molecule has 5 nitrogen and oxygen atoms in total. The summed E-state index contributed by atoms with van der Waals surface area (Å²) in [4.78, 5) is 22.5. The molecule has 0 radical (unpaired) electrons. The van der Waals surface area contributed by atoms with Gasteiger partial charge in [-0.25, -0.2) is 0 Å². The van der Waals surface area contributed by atoms with Crippen LogP contribution in [0.4, 0.5) is 0 Å². The maximum atomic E-state index is 11.3. The van der Waals surface area contributed by atoms with E-state index in [0.29, 0.717) is 11.3 Å². The van der Waals surface area contributed by atoms with Gasteiger partial charge in [-0.2, -0.15) is 0 Å². The van der Waals surface area contributed by atoms with E-state index in [1.165, 1.54) is 14.2 Å². The molecule has 0 aliphatic carbocycles. The van der Waals surface area contributed by atoms with Crippen molar-refractivity contribution in [3.63, 3.8) is 0 Å². The largest absolute Gasteiger partial charge is 0.496 e. The molecule has 92 valence electrons. The molecular weight excluding hydrogens is 222 g/mol. The van der Waals surface area contributed by atoms with E-state index < -0.39 is 11.9 Å². The van der Waals surface area contributed by atoms with E-state index in [9.17, 15) is 9.59 Å². The minimum atomic E-state index is -1.04. The Balaban J connectivity index is 3.05. The summed E-state index contributed by atoms with van der Waals surface area (Å²) in [6.07, 6.45) is -0.105. The number of rotatable bonds is 5. The van der Waals surface area contributed by atoms with E-state index in [-0.39, 0.29) is 12.3 Å². The van der Waals surface area contributed by atoms with Crippen molar-refractivity contribution in [2.45, 2.75) is 12.3 Å². The van der Waals surface area contributed by atoms with Crippen LogP contribution >= 0.6 is 0 Å². The number of amides is 1. The van der Waals surface area contributed by atoms with Gasteiger partial charge in [0.15, 0.2) is 0 Å². The SMILES string of the molecule is CNC(=O)CC(C(=O)O)c1ccccc1OC. The Bertz CT molecular complexity index is 417. The van der Waals surface area contributed by atoms with Crippen LogP contribution in [0, 0.1) is 0 Å². The van der Waals surface area contributed by atoms with Crippen LogP contribution in [0.2, 0.25) is 0 Å². The molecule has 1 amide bonds. The van der Waals surface area contributed by atoms with Gasteiger partial charge in [0.2, 0.25) is 5.91 Å². The number of carbonyl (C=O) groups is 2. The number of hydrogen-bond donors (Lipinski definition) is 2. The number of nitrogens with one attached hydrogen (secondary N) is 1. The van der Waals surface area contributed by atoms with Gasteiger partial charge in [-0.3, -0.25) is 9.59 Å². The molecule has 0 bridgehead atoms. The molecule has 17 heavy (non-hydrogen) atoms. The van der Waals surface area contributed by atoms with Crippen LogP contribution in [0.3, 0.4) is 0 Å². The van der Waals surface area contributed by atoms with Crippen LogP contribution in [0.25, 0.3) is 0 Å². The molecule has 2 N–H and O–H groups in total. The predicted octanol–water partition coefficient (Wildman–Crippen LogP) is 0.999. The van der Waals surface area contributed by atoms with Crippen molar-refractivity contribution in [3.8, 4) is 5.75 Å². The van der Waals surface area contributed by atoms with Crippen LogP contribution in [-0.2, 0) is 9.59 Å². The summed E-state index contributed by atoms with van der Waals surface area (Å²) in [6.45, 7) is 0. The first kappa shape index (κ1) is 13.0. The lowest BCUT2D eigenvalue weighted by atomic mass is 9.94. The predicted molar refractivity (Wildman–Crippen MR) is 62.1 cm³/mol. The van der Waals surface area contributed by atoms with Crippen molar-refractivity contribution in [3.05, 3.63) is 29.8 Å². The summed E-state index contributed by atoms with van der Waals surface area (Å²) >= 11 is 0. The molecule has 0 saturated carbocycles. The molecule has 1 unspecified atom stereocenters. The van der Waals surface area contributed by atoms with Gasteiger partial charge in [-0.15, -0.1) is 0 Å². The zero-order valence-corrected chi connectivity index (χ0v) is 9.77. The second kappa shape index (κ2) is 5.89. The van der Waals surface area contributed by atoms with Crippen molar-refractivity contribution in [1.29, 1.82) is 0 Å². The number of para-hydroxylation sites is 1. The van der Waals surface area contributed by atoms with Gasteiger partial charge in [0, 0.05) is 19.0 Å². The molecule has 1 rings (SSSR count). The van der Waals surface area contributed by atoms with Gasteiger partial charge in [-0.05, 0) is 6.07 Å². The molecular formula is C12H15NO4. The topological polar surface area (TPSA) is 75.6 Å². The lowest BCUT2D eigenvalue weighted by Crippen LogP contribution is -2.24. The first-order valence-electron chi connectivity index (χ1n) is 5.16. The molecule has 0 saturated heterocycles. The third-order valence-electron chi connectivity index (χ3n) is 2.48. The zero-order chi connectivity index (χ0) is 12.8. The monoisotopic (exact) mass is 237 g/mol. The highest BCUT2D eigenvalue weighted by molar-refractivity contribution is 5.86. The highest BCUT2D eigenvalue weighted by atomic mass is 16.5. The quantitative estimate of drug-likeness (QED) is 0.801. The van der Waals surface area contributed by atoms with Crippen molar-refractivity contribution >= 4 is 11.9 Å². The van der Waals surface area contributed by atoms with E-state index in [1.807, 2.05) is 0 Å². The van der Waals surface area contributed by atoms with E-state index in [4.69, 9.17) is 9.84 Å². The summed E-state index contributed by atoms with van der Waals surface area (Å²) in [5.74, 6) is -1.78. The molecule has 0 aliphatic rings. The first-order chi connectivity index (χ1) is 8.10. The highest BCUT2D eigenvalue weighted by Gasteiger charge is 2.25. The summed E-state index contributed by atoms with van der Waals surface area (Å²) in [7, 11) is 2.95. The van der Waals surface area contributed by atoms with Crippen molar-refractivity contribution in [2.24, 2.45) is 0 Å². The summed E-state index contributed by atoms with van der Waals surface area (Å²) < 4.78 is 5.10. The second-order valence-electron chi connectivity index (χ2n) is 3.51. The van der Waals surface area contributed by atoms with Crippen LogP contribution < -0.4 is 10.1 Å². The number of hydrogen-bond acceptors (Lipinski definition) is 3. The lowest BCUT2D eigenvalue weighted by Gasteiger charge is -2.15. The number of ether oxygens (including phenoxy) is 1. The van der Waals surface area contributed by atoms with E-state index in [0.717, 1.165) is 0 Å². The fourth-order valence-corrected chi connectivity index (χ4v) is 1.57. The van der Waals surface area contributed by atoms with Gasteiger partial charge in [-0.1, -0.05) is 18.2 Å². The molecule has 0 fully saturated rings. The second-order valence-corrected chi connectivity index (χ2v) is 3.51. The third kappa shape index (κ3) is 3.21. The van der Waals surface area contributed by atoms with Gasteiger partial charge < -0.3 is 15.2 Å². The summed E-state index contributed by atoms with van der Waals surface area (Å²) in [5.41, 5.74) is 0.506. The molecule has 0 aliphatic heterocycles. The molecule has 1 atom stereocenters. The fourth-order valence-electron chi connectivity index (χ4n) is 1.57. The fraction of sp³-hybridized carbons (Fsp3) is 0.333. The van der Waals surface area contributed by atoms with Gasteiger partial charge in [0.05, 0.1) is 13.0 Å². The standard InChI is InChI=1S/C12H15NO4/c1-13-11(14)7-9(12(15)16)8-5-3-4-6-10(8)17-2/h3-6,9H,7H2,1-2H3,(H,13,14)(H,15,16). The van der Waals surface area contributed by atoms with Crippen molar-refractivity contribution in [1.82, 2.24) is 5.32 Å². The zero-order valence-electron chi connectivity index (χ0n) is 9.77. The average molecular weight is 237 g/mol.